The second-order valence-electron chi connectivity index (χ2n) is 7.49. The van der Waals surface area contributed by atoms with E-state index in [-0.39, 0.29) is 12.5 Å². The van der Waals surface area contributed by atoms with Gasteiger partial charge >= 0.3 is 5.97 Å². The number of hydrogen-bond acceptors (Lipinski definition) is 5. The normalized spacial score (nSPS) is 34.5. The van der Waals surface area contributed by atoms with Crippen LogP contribution in [0.25, 0.3) is 0 Å². The summed E-state index contributed by atoms with van der Waals surface area (Å²) < 4.78 is 11.4. The van der Waals surface area contributed by atoms with Crippen LogP contribution in [0.1, 0.15) is 83.5 Å². The monoisotopic (exact) mass is 358 g/mol. The van der Waals surface area contributed by atoms with Crippen LogP contribution in [0.2, 0.25) is 0 Å². The van der Waals surface area contributed by atoms with E-state index in [1.807, 2.05) is 0 Å². The van der Waals surface area contributed by atoms with E-state index in [0.717, 1.165) is 25.7 Å². The Kier molecular flexibility index (Phi) is 9.17. The summed E-state index contributed by atoms with van der Waals surface area (Å²) in [5.41, 5.74) is 0. The average Bonchev–Trinajstić information content (AvgIpc) is 2.60. The molecule has 0 aromatic carbocycles. The SMILES string of the molecule is O=C(O)C1OC(OC2CCCCCCCCCCCC2)CC(O)C1O. The number of aliphatic hydroxyl groups excluding tert-OH is 2. The molecule has 1 heterocycles. The van der Waals surface area contributed by atoms with Gasteiger partial charge in [-0.25, -0.2) is 4.79 Å². The van der Waals surface area contributed by atoms with Gasteiger partial charge in [-0.05, 0) is 12.8 Å². The fourth-order valence-electron chi connectivity index (χ4n) is 3.78. The summed E-state index contributed by atoms with van der Waals surface area (Å²) in [4.78, 5) is 11.2. The van der Waals surface area contributed by atoms with Crippen LogP contribution in [0.5, 0.6) is 0 Å². The van der Waals surface area contributed by atoms with Gasteiger partial charge in [-0.1, -0.05) is 64.2 Å². The van der Waals surface area contributed by atoms with E-state index in [0.29, 0.717) is 0 Å². The first kappa shape index (κ1) is 20.6. The number of carbonyl (C=O) groups is 1. The second kappa shape index (κ2) is 11.1. The van der Waals surface area contributed by atoms with E-state index in [9.17, 15) is 15.0 Å². The smallest absolute Gasteiger partial charge is 0.335 e. The van der Waals surface area contributed by atoms with Crippen LogP contribution >= 0.6 is 0 Å². The largest absolute Gasteiger partial charge is 0.479 e. The summed E-state index contributed by atoms with van der Waals surface area (Å²) in [7, 11) is 0. The molecule has 0 radical (unpaired) electrons. The van der Waals surface area contributed by atoms with Gasteiger partial charge in [-0.15, -0.1) is 0 Å². The lowest BCUT2D eigenvalue weighted by Gasteiger charge is -2.36. The fourth-order valence-corrected chi connectivity index (χ4v) is 3.78. The number of aliphatic hydroxyl groups is 2. The number of rotatable bonds is 3. The third-order valence-corrected chi connectivity index (χ3v) is 5.33. The van der Waals surface area contributed by atoms with Crippen LogP contribution in [0.15, 0.2) is 0 Å². The molecule has 1 saturated heterocycles. The molecule has 4 atom stereocenters. The second-order valence-corrected chi connectivity index (χ2v) is 7.49. The van der Waals surface area contributed by atoms with Crippen molar-refractivity contribution in [2.24, 2.45) is 0 Å². The van der Waals surface area contributed by atoms with E-state index in [1.165, 1.54) is 51.4 Å². The maximum absolute atomic E-state index is 11.2. The van der Waals surface area contributed by atoms with E-state index in [2.05, 4.69) is 0 Å². The van der Waals surface area contributed by atoms with Crippen LogP contribution in [-0.4, -0.2) is 52.0 Å². The Morgan fingerprint density at radius 2 is 1.32 bits per heavy atom. The zero-order chi connectivity index (χ0) is 18.1. The molecule has 146 valence electrons. The quantitative estimate of drug-likeness (QED) is 0.718. The van der Waals surface area contributed by atoms with Gasteiger partial charge in [0.2, 0.25) is 0 Å². The zero-order valence-corrected chi connectivity index (χ0v) is 15.1. The van der Waals surface area contributed by atoms with Crippen molar-refractivity contribution < 1.29 is 29.6 Å². The lowest BCUT2D eigenvalue weighted by molar-refractivity contribution is -0.264. The van der Waals surface area contributed by atoms with Gasteiger partial charge in [0.05, 0.1) is 12.2 Å². The van der Waals surface area contributed by atoms with Gasteiger partial charge in [-0.3, -0.25) is 0 Å². The minimum absolute atomic E-state index is 0.0302. The molecule has 1 aliphatic carbocycles. The molecule has 1 aliphatic heterocycles. The lowest BCUT2D eigenvalue weighted by atomic mass is 10.0. The fraction of sp³-hybridized carbons (Fsp3) is 0.947. The molecule has 0 aromatic heterocycles. The Labute approximate surface area is 150 Å². The number of hydrogen-bond donors (Lipinski definition) is 3. The first-order valence-corrected chi connectivity index (χ1v) is 9.98. The van der Waals surface area contributed by atoms with Gasteiger partial charge < -0.3 is 24.8 Å². The third kappa shape index (κ3) is 7.21. The van der Waals surface area contributed by atoms with Crippen LogP contribution < -0.4 is 0 Å². The molecule has 6 heteroatoms. The molecule has 0 aromatic rings. The van der Waals surface area contributed by atoms with Crippen LogP contribution in [0.4, 0.5) is 0 Å². The highest BCUT2D eigenvalue weighted by Gasteiger charge is 2.42. The van der Waals surface area contributed by atoms with Gasteiger partial charge in [0.25, 0.3) is 0 Å². The highest BCUT2D eigenvalue weighted by atomic mass is 16.7. The number of carboxylic acid groups (broad SMARTS) is 1. The Balaban J connectivity index is 1.86. The van der Waals surface area contributed by atoms with E-state index in [1.54, 1.807) is 0 Å². The van der Waals surface area contributed by atoms with Crippen molar-refractivity contribution in [2.75, 3.05) is 0 Å². The van der Waals surface area contributed by atoms with Gasteiger partial charge in [0, 0.05) is 6.42 Å². The molecule has 1 saturated carbocycles. The van der Waals surface area contributed by atoms with Crippen molar-refractivity contribution >= 4 is 5.97 Å². The summed E-state index contributed by atoms with van der Waals surface area (Å²) >= 11 is 0. The zero-order valence-electron chi connectivity index (χ0n) is 15.1. The first-order chi connectivity index (χ1) is 12.1. The molecule has 2 rings (SSSR count). The summed E-state index contributed by atoms with van der Waals surface area (Å²) in [6, 6.07) is 0. The van der Waals surface area contributed by atoms with E-state index < -0.39 is 30.6 Å². The van der Waals surface area contributed by atoms with Crippen molar-refractivity contribution in [3.8, 4) is 0 Å². The topological polar surface area (TPSA) is 96.2 Å². The van der Waals surface area contributed by atoms with Crippen molar-refractivity contribution in [3.63, 3.8) is 0 Å². The summed E-state index contributed by atoms with van der Waals surface area (Å²) in [5.74, 6) is -1.27. The van der Waals surface area contributed by atoms with Crippen molar-refractivity contribution in [1.82, 2.24) is 0 Å². The molecule has 3 N–H and O–H groups in total. The Bertz CT molecular complexity index is 374. The Morgan fingerprint density at radius 3 is 1.80 bits per heavy atom. The molecule has 2 aliphatic rings. The third-order valence-electron chi connectivity index (χ3n) is 5.33. The maximum Gasteiger partial charge on any atom is 0.335 e. The molecule has 0 amide bonds. The maximum atomic E-state index is 11.2. The van der Waals surface area contributed by atoms with Crippen LogP contribution in [0, 0.1) is 0 Å². The summed E-state index contributed by atoms with van der Waals surface area (Å²) in [6.07, 6.45) is 9.72. The first-order valence-electron chi connectivity index (χ1n) is 9.98. The molecule has 0 bridgehead atoms. The van der Waals surface area contributed by atoms with E-state index in [4.69, 9.17) is 14.6 Å². The van der Waals surface area contributed by atoms with Gasteiger partial charge in [0.1, 0.15) is 6.10 Å². The predicted molar refractivity (Wildman–Crippen MR) is 93.2 cm³/mol. The molecular weight excluding hydrogens is 324 g/mol. The van der Waals surface area contributed by atoms with Crippen molar-refractivity contribution in [2.45, 2.75) is 114 Å². The van der Waals surface area contributed by atoms with Gasteiger partial charge in [-0.2, -0.15) is 0 Å². The molecular formula is C19H34O6. The molecule has 6 nitrogen and oxygen atoms in total. The molecule has 2 fully saturated rings. The molecule has 4 unspecified atom stereocenters. The summed E-state index contributed by atoms with van der Waals surface area (Å²) in [5, 5.41) is 28.8. The van der Waals surface area contributed by atoms with Gasteiger partial charge in [0.15, 0.2) is 12.4 Å². The van der Waals surface area contributed by atoms with Crippen LogP contribution in [-0.2, 0) is 14.3 Å². The summed E-state index contributed by atoms with van der Waals surface area (Å²) in [6.45, 7) is 0. The minimum Gasteiger partial charge on any atom is -0.479 e. The molecule has 25 heavy (non-hydrogen) atoms. The Morgan fingerprint density at radius 1 is 0.840 bits per heavy atom. The molecule has 0 spiro atoms. The average molecular weight is 358 g/mol. The Hall–Kier alpha value is -0.690. The van der Waals surface area contributed by atoms with Crippen molar-refractivity contribution in [3.05, 3.63) is 0 Å². The number of ether oxygens (including phenoxy) is 2. The minimum atomic E-state index is -1.43. The number of carboxylic acids is 1. The highest BCUT2D eigenvalue weighted by molar-refractivity contribution is 5.73. The van der Waals surface area contributed by atoms with E-state index >= 15 is 0 Å². The highest BCUT2D eigenvalue weighted by Crippen LogP contribution is 2.26. The van der Waals surface area contributed by atoms with Crippen LogP contribution in [0.3, 0.4) is 0 Å². The lowest BCUT2D eigenvalue weighted by Crippen LogP contribution is -2.52. The van der Waals surface area contributed by atoms with Crippen molar-refractivity contribution in [1.29, 1.82) is 0 Å². The predicted octanol–water partition coefficient (Wildman–Crippen LogP) is 2.99. The standard InChI is InChI=1S/C19H34O6/c20-15-13-16(25-18(17(15)21)19(22)23)24-14-11-9-7-5-3-1-2-4-6-8-10-12-14/h14-18,20-21H,1-13H2,(H,22,23). The number of aliphatic carboxylic acids is 1.